The first-order valence-electron chi connectivity index (χ1n) is 10.5. The fourth-order valence-corrected chi connectivity index (χ4v) is 4.54. The van der Waals surface area contributed by atoms with Crippen LogP contribution in [0, 0.1) is 0 Å². The van der Waals surface area contributed by atoms with E-state index < -0.39 is 0 Å². The summed E-state index contributed by atoms with van der Waals surface area (Å²) < 4.78 is 0. The number of fused-ring (bicyclic) bond motifs is 1. The number of Topliss-reactive ketones (excluding diaryl/α,β-unsaturated/α-hetero) is 1. The molecule has 0 N–H and O–H groups in total. The summed E-state index contributed by atoms with van der Waals surface area (Å²) in [5.41, 5.74) is 5.69. The summed E-state index contributed by atoms with van der Waals surface area (Å²) in [6.45, 7) is 6.70. The molecule has 0 spiro atoms. The lowest BCUT2D eigenvalue weighted by Gasteiger charge is -2.17. The Balaban J connectivity index is 1.25. The third-order valence-corrected chi connectivity index (χ3v) is 6.20. The van der Waals surface area contributed by atoms with E-state index in [1.54, 1.807) is 6.92 Å². The minimum atomic E-state index is 0.203. The Kier molecular flexibility index (Phi) is 4.72. The van der Waals surface area contributed by atoms with Gasteiger partial charge in [-0.25, -0.2) is 0 Å². The van der Waals surface area contributed by atoms with Crippen molar-refractivity contribution in [2.45, 2.75) is 38.9 Å². The Bertz CT molecular complexity index is 949. The van der Waals surface area contributed by atoms with Gasteiger partial charge in [-0.1, -0.05) is 30.3 Å². The summed E-state index contributed by atoms with van der Waals surface area (Å²) in [5.74, 6) is 0.432. The summed E-state index contributed by atoms with van der Waals surface area (Å²) >= 11 is 0. The highest BCUT2D eigenvalue weighted by atomic mass is 16.2. The second kappa shape index (κ2) is 7.39. The SMILES string of the molecule is CC(=O)CN1CCN(Cc2ccc(-c3ccc4c(c3)CN(C3CC3)C4=O)cc2)C1. The molecule has 0 bridgehead atoms. The van der Waals surface area contributed by atoms with Gasteiger partial charge in [0.05, 0.1) is 13.2 Å². The fourth-order valence-electron chi connectivity index (χ4n) is 4.54. The van der Waals surface area contributed by atoms with Crippen molar-refractivity contribution in [3.63, 3.8) is 0 Å². The minimum absolute atomic E-state index is 0.203. The number of carbonyl (C=O) groups excluding carboxylic acids is 2. The molecule has 29 heavy (non-hydrogen) atoms. The molecule has 0 unspecified atom stereocenters. The van der Waals surface area contributed by atoms with Crippen LogP contribution in [-0.4, -0.2) is 58.7 Å². The average Bonchev–Trinajstić information content (AvgIpc) is 3.38. The van der Waals surface area contributed by atoms with Gasteiger partial charge in [-0.3, -0.25) is 19.4 Å². The molecule has 1 aliphatic carbocycles. The molecule has 5 heteroatoms. The second-order valence-corrected chi connectivity index (χ2v) is 8.68. The molecule has 1 amide bonds. The summed E-state index contributed by atoms with van der Waals surface area (Å²) in [5, 5.41) is 0. The topological polar surface area (TPSA) is 43.9 Å². The van der Waals surface area contributed by atoms with E-state index in [9.17, 15) is 9.59 Å². The second-order valence-electron chi connectivity index (χ2n) is 8.68. The number of rotatable bonds is 6. The van der Waals surface area contributed by atoms with Gasteiger partial charge < -0.3 is 4.90 Å². The van der Waals surface area contributed by atoms with Crippen LogP contribution in [0.25, 0.3) is 11.1 Å². The Morgan fingerprint density at radius 2 is 1.72 bits per heavy atom. The quantitative estimate of drug-likeness (QED) is 0.761. The zero-order valence-electron chi connectivity index (χ0n) is 16.9. The Morgan fingerprint density at radius 1 is 1.00 bits per heavy atom. The molecular formula is C24H27N3O2. The molecule has 0 aromatic heterocycles. The van der Waals surface area contributed by atoms with Gasteiger partial charge in [0.1, 0.15) is 5.78 Å². The lowest BCUT2D eigenvalue weighted by Crippen LogP contribution is -2.29. The number of nitrogens with zero attached hydrogens (tertiary/aromatic N) is 3. The maximum Gasteiger partial charge on any atom is 0.254 e. The zero-order chi connectivity index (χ0) is 20.0. The van der Waals surface area contributed by atoms with Crippen LogP contribution in [-0.2, 0) is 17.9 Å². The first kappa shape index (κ1) is 18.5. The molecule has 5 nitrogen and oxygen atoms in total. The summed E-state index contributed by atoms with van der Waals surface area (Å²) in [4.78, 5) is 30.4. The normalized spacial score (nSPS) is 19.8. The highest BCUT2D eigenvalue weighted by Gasteiger charge is 2.38. The van der Waals surface area contributed by atoms with E-state index in [0.717, 1.165) is 56.8 Å². The molecule has 2 aromatic carbocycles. The summed E-state index contributed by atoms with van der Waals surface area (Å²) in [7, 11) is 0. The van der Waals surface area contributed by atoms with Crippen molar-refractivity contribution < 1.29 is 9.59 Å². The third kappa shape index (κ3) is 3.85. The van der Waals surface area contributed by atoms with Crippen LogP contribution in [0.2, 0.25) is 0 Å². The van der Waals surface area contributed by atoms with Crippen LogP contribution >= 0.6 is 0 Å². The number of amides is 1. The highest BCUT2D eigenvalue weighted by Crippen LogP contribution is 2.36. The van der Waals surface area contributed by atoms with Gasteiger partial charge in [-0.15, -0.1) is 0 Å². The Labute approximate surface area is 171 Å². The van der Waals surface area contributed by atoms with Crippen molar-refractivity contribution in [2.75, 3.05) is 26.3 Å². The van der Waals surface area contributed by atoms with Gasteiger partial charge in [0.2, 0.25) is 0 Å². The van der Waals surface area contributed by atoms with Gasteiger partial charge in [-0.05, 0) is 54.2 Å². The molecule has 2 aromatic rings. The van der Waals surface area contributed by atoms with Crippen molar-refractivity contribution in [3.05, 3.63) is 59.2 Å². The van der Waals surface area contributed by atoms with Gasteiger partial charge in [-0.2, -0.15) is 0 Å². The van der Waals surface area contributed by atoms with Crippen LogP contribution in [0.5, 0.6) is 0 Å². The molecule has 1 saturated heterocycles. The highest BCUT2D eigenvalue weighted by molar-refractivity contribution is 5.99. The number of carbonyl (C=O) groups is 2. The maximum atomic E-state index is 12.5. The lowest BCUT2D eigenvalue weighted by atomic mass is 9.99. The summed E-state index contributed by atoms with van der Waals surface area (Å²) in [6.07, 6.45) is 2.30. The number of ketones is 1. The molecule has 3 aliphatic rings. The van der Waals surface area contributed by atoms with Crippen LogP contribution in [0.15, 0.2) is 42.5 Å². The van der Waals surface area contributed by atoms with Crippen molar-refractivity contribution in [1.29, 1.82) is 0 Å². The van der Waals surface area contributed by atoms with E-state index in [2.05, 4.69) is 46.2 Å². The van der Waals surface area contributed by atoms with E-state index in [0.29, 0.717) is 12.6 Å². The third-order valence-electron chi connectivity index (χ3n) is 6.20. The van der Waals surface area contributed by atoms with Gasteiger partial charge >= 0.3 is 0 Å². The first-order valence-corrected chi connectivity index (χ1v) is 10.5. The van der Waals surface area contributed by atoms with Gasteiger partial charge in [0.15, 0.2) is 0 Å². The van der Waals surface area contributed by atoms with Gasteiger partial charge in [0.25, 0.3) is 5.91 Å². The van der Waals surface area contributed by atoms with E-state index in [1.807, 2.05) is 11.0 Å². The zero-order valence-corrected chi connectivity index (χ0v) is 16.9. The molecule has 0 radical (unpaired) electrons. The smallest absolute Gasteiger partial charge is 0.254 e. The fraction of sp³-hybridized carbons (Fsp3) is 0.417. The lowest BCUT2D eigenvalue weighted by molar-refractivity contribution is -0.118. The predicted molar refractivity (Wildman–Crippen MR) is 112 cm³/mol. The van der Waals surface area contributed by atoms with Crippen LogP contribution in [0.4, 0.5) is 0 Å². The Morgan fingerprint density at radius 3 is 2.45 bits per heavy atom. The monoisotopic (exact) mass is 389 g/mol. The van der Waals surface area contributed by atoms with Crippen LogP contribution in [0.1, 0.15) is 41.3 Å². The van der Waals surface area contributed by atoms with Crippen molar-refractivity contribution in [3.8, 4) is 11.1 Å². The molecule has 2 heterocycles. The van der Waals surface area contributed by atoms with E-state index in [1.165, 1.54) is 16.7 Å². The molecule has 150 valence electrons. The molecule has 2 fully saturated rings. The van der Waals surface area contributed by atoms with Crippen molar-refractivity contribution >= 4 is 11.7 Å². The molecular weight excluding hydrogens is 362 g/mol. The summed E-state index contributed by atoms with van der Waals surface area (Å²) in [6, 6.07) is 15.5. The van der Waals surface area contributed by atoms with Gasteiger partial charge in [0, 0.05) is 37.8 Å². The molecule has 0 atom stereocenters. The van der Waals surface area contributed by atoms with E-state index in [4.69, 9.17) is 0 Å². The number of benzene rings is 2. The average molecular weight is 389 g/mol. The number of hydrogen-bond acceptors (Lipinski definition) is 4. The van der Waals surface area contributed by atoms with Crippen LogP contribution in [0.3, 0.4) is 0 Å². The largest absolute Gasteiger partial charge is 0.331 e. The standard InChI is InChI=1S/C24H27N3O2/c1-17(28)13-25-10-11-26(16-25)14-18-2-4-19(5-3-18)20-6-9-23-21(12-20)15-27(24(23)29)22-7-8-22/h2-6,9,12,22H,7-8,10-11,13-16H2,1H3. The predicted octanol–water partition coefficient (Wildman–Crippen LogP) is 3.14. The molecule has 1 saturated carbocycles. The first-order chi connectivity index (χ1) is 14.1. The minimum Gasteiger partial charge on any atom is -0.331 e. The van der Waals surface area contributed by atoms with Crippen molar-refractivity contribution in [2.24, 2.45) is 0 Å². The van der Waals surface area contributed by atoms with E-state index >= 15 is 0 Å². The maximum absolute atomic E-state index is 12.5. The molecule has 5 rings (SSSR count). The Hall–Kier alpha value is -2.50. The van der Waals surface area contributed by atoms with Crippen LogP contribution < -0.4 is 0 Å². The van der Waals surface area contributed by atoms with Crippen molar-refractivity contribution in [1.82, 2.24) is 14.7 Å². The van der Waals surface area contributed by atoms with E-state index in [-0.39, 0.29) is 11.7 Å². The number of hydrogen-bond donors (Lipinski definition) is 0. The molecule has 2 aliphatic heterocycles.